The summed E-state index contributed by atoms with van der Waals surface area (Å²) in [7, 11) is 0. The smallest absolute Gasteiger partial charge is 0.251 e. The predicted molar refractivity (Wildman–Crippen MR) is 103 cm³/mol. The van der Waals surface area contributed by atoms with Crippen LogP contribution in [0, 0.1) is 10.7 Å². The number of nitrogens with zero attached hydrogens (tertiary/aromatic N) is 2. The molecule has 1 aliphatic rings. The van der Waals surface area contributed by atoms with Crippen LogP contribution in [0.2, 0.25) is 0 Å². The van der Waals surface area contributed by atoms with Crippen LogP contribution in [0.4, 0.5) is 0 Å². The summed E-state index contributed by atoms with van der Waals surface area (Å²) in [6.07, 6.45) is 6.24. The summed E-state index contributed by atoms with van der Waals surface area (Å²) in [6.45, 7) is 7.43. The van der Waals surface area contributed by atoms with E-state index in [0.717, 1.165) is 24.7 Å². The Kier molecular flexibility index (Phi) is 5.71. The maximum Gasteiger partial charge on any atom is 0.251 e. The fraction of sp³-hybridized carbons (Fsp3) is 0.474. The molecule has 2 aromatic rings. The lowest BCUT2D eigenvalue weighted by Crippen LogP contribution is -2.46. The van der Waals surface area contributed by atoms with Crippen LogP contribution < -0.4 is 5.32 Å². The van der Waals surface area contributed by atoms with Crippen molar-refractivity contribution in [1.82, 2.24) is 19.8 Å². The number of rotatable bonds is 5. The molecule has 134 valence electrons. The van der Waals surface area contributed by atoms with Gasteiger partial charge in [0.25, 0.3) is 5.91 Å². The second kappa shape index (κ2) is 7.97. The minimum Gasteiger partial charge on any atom is -0.350 e. The second-order valence-corrected chi connectivity index (χ2v) is 7.37. The largest absolute Gasteiger partial charge is 0.350 e. The molecule has 0 aliphatic carbocycles. The third-order valence-corrected chi connectivity index (χ3v) is 5.24. The van der Waals surface area contributed by atoms with Crippen molar-refractivity contribution >= 4 is 18.1 Å². The summed E-state index contributed by atoms with van der Waals surface area (Å²) in [6, 6.07) is 7.87. The number of aromatic nitrogens is 2. The van der Waals surface area contributed by atoms with Gasteiger partial charge >= 0.3 is 0 Å². The Hall–Kier alpha value is -1.92. The summed E-state index contributed by atoms with van der Waals surface area (Å²) >= 11 is 5.22. The standard InChI is InChI=1S/C19H26N4OS/c1-14-4-3-10-22(13-14)15(2)12-21-18(24)16-5-7-17(8-6-16)23-11-9-20-19(23)25/h5-9,11,14-15H,3-4,10,12-13H2,1-2H3,(H,20,25)(H,21,24)/t14-,15+/m1/s1. The van der Waals surface area contributed by atoms with E-state index in [2.05, 4.69) is 29.0 Å². The highest BCUT2D eigenvalue weighted by molar-refractivity contribution is 7.71. The number of amides is 1. The SMILES string of the molecule is C[C@@H]1CCCN([C@@H](C)CNC(=O)c2ccc(-n3cc[nH]c3=S)cc2)C1. The van der Waals surface area contributed by atoms with Crippen LogP contribution in [0.1, 0.15) is 37.0 Å². The monoisotopic (exact) mass is 358 g/mol. The second-order valence-electron chi connectivity index (χ2n) is 6.98. The van der Waals surface area contributed by atoms with Gasteiger partial charge in [0, 0.05) is 42.8 Å². The normalized spacial score (nSPS) is 19.5. The molecule has 5 nitrogen and oxygen atoms in total. The number of aromatic amines is 1. The number of hydrogen-bond acceptors (Lipinski definition) is 3. The van der Waals surface area contributed by atoms with E-state index in [1.54, 1.807) is 6.20 Å². The number of likely N-dealkylation sites (tertiary alicyclic amines) is 1. The van der Waals surface area contributed by atoms with Crippen molar-refractivity contribution in [2.75, 3.05) is 19.6 Å². The molecular formula is C19H26N4OS. The molecule has 0 radical (unpaired) electrons. The molecule has 0 bridgehead atoms. The average Bonchev–Trinajstić information content (AvgIpc) is 3.05. The summed E-state index contributed by atoms with van der Waals surface area (Å²) in [5, 5.41) is 3.06. The van der Waals surface area contributed by atoms with Gasteiger partial charge < -0.3 is 10.3 Å². The summed E-state index contributed by atoms with van der Waals surface area (Å²) < 4.78 is 2.51. The van der Waals surface area contributed by atoms with Crippen LogP contribution in [0.3, 0.4) is 0 Å². The van der Waals surface area contributed by atoms with Gasteiger partial charge in [-0.05, 0) is 68.7 Å². The average molecular weight is 359 g/mol. The molecule has 1 aromatic heterocycles. The number of nitrogens with one attached hydrogen (secondary N) is 2. The molecule has 0 unspecified atom stereocenters. The number of imidazole rings is 1. The molecule has 2 N–H and O–H groups in total. The summed E-state index contributed by atoms with van der Waals surface area (Å²) in [5.74, 6) is 0.723. The lowest BCUT2D eigenvalue weighted by molar-refractivity contribution is 0.0917. The molecule has 1 saturated heterocycles. The molecule has 25 heavy (non-hydrogen) atoms. The number of carbonyl (C=O) groups is 1. The molecule has 1 aliphatic heterocycles. The molecule has 3 rings (SSSR count). The van der Waals surface area contributed by atoms with Gasteiger partial charge in [0.05, 0.1) is 0 Å². The lowest BCUT2D eigenvalue weighted by Gasteiger charge is -2.35. The third kappa shape index (κ3) is 4.38. The maximum atomic E-state index is 12.4. The highest BCUT2D eigenvalue weighted by Gasteiger charge is 2.21. The summed E-state index contributed by atoms with van der Waals surface area (Å²) in [5.41, 5.74) is 1.61. The van der Waals surface area contributed by atoms with Gasteiger partial charge in [-0.2, -0.15) is 0 Å². The van der Waals surface area contributed by atoms with E-state index in [1.807, 2.05) is 35.0 Å². The van der Waals surface area contributed by atoms with E-state index in [1.165, 1.54) is 12.8 Å². The Morgan fingerprint density at radius 2 is 2.16 bits per heavy atom. The molecule has 0 spiro atoms. The Morgan fingerprint density at radius 1 is 1.40 bits per heavy atom. The van der Waals surface area contributed by atoms with Crippen molar-refractivity contribution < 1.29 is 4.79 Å². The van der Waals surface area contributed by atoms with E-state index in [0.29, 0.717) is 22.9 Å². The zero-order valence-corrected chi connectivity index (χ0v) is 15.7. The first-order valence-corrected chi connectivity index (χ1v) is 9.34. The molecule has 6 heteroatoms. The quantitative estimate of drug-likeness (QED) is 0.806. The number of carbonyl (C=O) groups excluding carboxylic acids is 1. The van der Waals surface area contributed by atoms with Crippen LogP contribution in [0.5, 0.6) is 0 Å². The van der Waals surface area contributed by atoms with Gasteiger partial charge in [-0.15, -0.1) is 0 Å². The topological polar surface area (TPSA) is 53.1 Å². The van der Waals surface area contributed by atoms with Crippen molar-refractivity contribution in [3.63, 3.8) is 0 Å². The Morgan fingerprint density at radius 3 is 2.80 bits per heavy atom. The zero-order chi connectivity index (χ0) is 17.8. The Balaban J connectivity index is 1.56. The van der Waals surface area contributed by atoms with Crippen LogP contribution in [0.25, 0.3) is 5.69 Å². The highest BCUT2D eigenvalue weighted by atomic mass is 32.1. The molecule has 1 amide bonds. The van der Waals surface area contributed by atoms with Gasteiger partial charge in [-0.3, -0.25) is 14.3 Å². The van der Waals surface area contributed by atoms with Crippen LogP contribution in [-0.2, 0) is 0 Å². The van der Waals surface area contributed by atoms with E-state index >= 15 is 0 Å². The minimum atomic E-state index is -0.0267. The zero-order valence-electron chi connectivity index (χ0n) is 14.9. The predicted octanol–water partition coefficient (Wildman–Crippen LogP) is 3.39. The van der Waals surface area contributed by atoms with E-state index in [4.69, 9.17) is 12.2 Å². The molecule has 0 saturated carbocycles. The maximum absolute atomic E-state index is 12.4. The van der Waals surface area contributed by atoms with Gasteiger partial charge in [0.2, 0.25) is 0 Å². The first-order valence-electron chi connectivity index (χ1n) is 8.93. The van der Waals surface area contributed by atoms with Gasteiger partial charge in [0.15, 0.2) is 4.77 Å². The van der Waals surface area contributed by atoms with E-state index < -0.39 is 0 Å². The first-order chi connectivity index (χ1) is 12.0. The molecule has 2 heterocycles. The van der Waals surface area contributed by atoms with Crippen molar-refractivity contribution in [1.29, 1.82) is 0 Å². The fourth-order valence-corrected chi connectivity index (χ4v) is 3.63. The van der Waals surface area contributed by atoms with Crippen molar-refractivity contribution in [3.05, 3.63) is 47.0 Å². The number of hydrogen-bond donors (Lipinski definition) is 2. The number of benzene rings is 1. The van der Waals surface area contributed by atoms with Crippen molar-refractivity contribution in [2.24, 2.45) is 5.92 Å². The van der Waals surface area contributed by atoms with Gasteiger partial charge in [-0.25, -0.2) is 0 Å². The number of piperidine rings is 1. The van der Waals surface area contributed by atoms with E-state index in [9.17, 15) is 4.79 Å². The van der Waals surface area contributed by atoms with E-state index in [-0.39, 0.29) is 5.91 Å². The third-order valence-electron chi connectivity index (χ3n) is 4.93. The first kappa shape index (κ1) is 17.9. The van der Waals surface area contributed by atoms with Gasteiger partial charge in [0.1, 0.15) is 0 Å². The fourth-order valence-electron chi connectivity index (χ4n) is 3.39. The molecular weight excluding hydrogens is 332 g/mol. The summed E-state index contributed by atoms with van der Waals surface area (Å²) in [4.78, 5) is 17.8. The van der Waals surface area contributed by atoms with Crippen LogP contribution >= 0.6 is 12.2 Å². The van der Waals surface area contributed by atoms with Crippen LogP contribution in [0.15, 0.2) is 36.7 Å². The highest BCUT2D eigenvalue weighted by Crippen LogP contribution is 2.17. The van der Waals surface area contributed by atoms with Crippen molar-refractivity contribution in [2.45, 2.75) is 32.7 Å². The van der Waals surface area contributed by atoms with Gasteiger partial charge in [-0.1, -0.05) is 6.92 Å². The van der Waals surface area contributed by atoms with Crippen molar-refractivity contribution in [3.8, 4) is 5.69 Å². The molecule has 1 aromatic carbocycles. The Labute approximate surface area is 154 Å². The minimum absolute atomic E-state index is 0.0267. The lowest BCUT2D eigenvalue weighted by atomic mass is 9.99. The molecule has 2 atom stereocenters. The number of H-pyrrole nitrogens is 1. The van der Waals surface area contributed by atoms with Crippen LogP contribution in [-0.4, -0.2) is 46.0 Å². The Bertz CT molecular complexity index is 764. The molecule has 1 fully saturated rings.